The average molecular weight is 291 g/mol. The first-order valence-electron chi connectivity index (χ1n) is 6.66. The molecule has 1 amide bonds. The number of fused-ring (bicyclic) bond motifs is 1. The van der Waals surface area contributed by atoms with Gasteiger partial charge in [0, 0.05) is 18.2 Å². The molecule has 1 heterocycles. The van der Waals surface area contributed by atoms with E-state index in [2.05, 4.69) is 10.3 Å². The van der Waals surface area contributed by atoms with Crippen molar-refractivity contribution in [2.24, 2.45) is 0 Å². The summed E-state index contributed by atoms with van der Waals surface area (Å²) in [4.78, 5) is 38.4. The molecule has 0 fully saturated rings. The van der Waals surface area contributed by atoms with Crippen LogP contribution < -0.4 is 16.6 Å². The minimum atomic E-state index is -0.503. The smallest absolute Gasteiger partial charge is 0.328 e. The Morgan fingerprint density at radius 2 is 2.14 bits per heavy atom. The molecule has 0 spiro atoms. The summed E-state index contributed by atoms with van der Waals surface area (Å²) in [5.74, 6) is -0.376. The van der Waals surface area contributed by atoms with Crippen LogP contribution in [0.5, 0.6) is 0 Å². The van der Waals surface area contributed by atoms with Crippen LogP contribution in [0.1, 0.15) is 24.2 Å². The van der Waals surface area contributed by atoms with Gasteiger partial charge in [0.2, 0.25) is 0 Å². The number of benzene rings is 1. The molecule has 0 radical (unpaired) electrons. The fraction of sp³-hybridized carbons (Fsp3) is 0.357. The number of aliphatic hydroxyl groups is 1. The lowest BCUT2D eigenvalue weighted by atomic mass is 10.1. The van der Waals surface area contributed by atoms with Crippen molar-refractivity contribution in [3.05, 3.63) is 44.6 Å². The fourth-order valence-electron chi connectivity index (χ4n) is 2.04. The zero-order chi connectivity index (χ0) is 15.6. The third-order valence-corrected chi connectivity index (χ3v) is 3.21. The molecule has 1 atom stereocenters. The molecule has 2 aromatic rings. The summed E-state index contributed by atoms with van der Waals surface area (Å²) in [6.45, 7) is 3.49. The Labute approximate surface area is 120 Å². The molecule has 0 unspecified atom stereocenters. The lowest BCUT2D eigenvalue weighted by molar-refractivity contribution is 0.0922. The van der Waals surface area contributed by atoms with Crippen LogP contribution in [0.4, 0.5) is 0 Å². The van der Waals surface area contributed by atoms with Crippen LogP contribution in [0.3, 0.4) is 0 Å². The third kappa shape index (κ3) is 2.87. The highest BCUT2D eigenvalue weighted by molar-refractivity contribution is 5.97. The molecule has 1 aromatic carbocycles. The molecule has 0 saturated carbocycles. The van der Waals surface area contributed by atoms with Crippen LogP contribution in [0.25, 0.3) is 10.9 Å². The van der Waals surface area contributed by atoms with Gasteiger partial charge in [-0.2, -0.15) is 0 Å². The molecule has 0 aliphatic heterocycles. The van der Waals surface area contributed by atoms with Crippen molar-refractivity contribution in [2.75, 3.05) is 6.61 Å². The Bertz CT molecular complexity index is 791. The maximum Gasteiger partial charge on any atom is 0.328 e. The zero-order valence-corrected chi connectivity index (χ0v) is 11.8. The fourth-order valence-corrected chi connectivity index (χ4v) is 2.04. The van der Waals surface area contributed by atoms with Gasteiger partial charge in [0.15, 0.2) is 0 Å². The number of carbonyl (C=O) groups is 1. The van der Waals surface area contributed by atoms with Crippen LogP contribution in [0.15, 0.2) is 27.8 Å². The predicted octanol–water partition coefficient (Wildman–Crippen LogP) is -0.180. The Hall–Kier alpha value is -2.41. The van der Waals surface area contributed by atoms with Gasteiger partial charge in [-0.1, -0.05) is 0 Å². The van der Waals surface area contributed by atoms with Crippen molar-refractivity contribution in [1.82, 2.24) is 14.9 Å². The summed E-state index contributed by atoms with van der Waals surface area (Å²) < 4.78 is 1.09. The number of nitrogens with zero attached hydrogens (tertiary/aromatic N) is 1. The molecular weight excluding hydrogens is 274 g/mol. The number of H-pyrrole nitrogens is 1. The molecule has 0 bridgehead atoms. The van der Waals surface area contributed by atoms with E-state index in [9.17, 15) is 14.4 Å². The minimum Gasteiger partial charge on any atom is -0.394 e. The quantitative estimate of drug-likeness (QED) is 0.727. The number of aromatic nitrogens is 2. The van der Waals surface area contributed by atoms with Crippen molar-refractivity contribution in [3.63, 3.8) is 0 Å². The first kappa shape index (κ1) is 15.0. The monoisotopic (exact) mass is 291 g/mol. The Balaban J connectivity index is 2.50. The highest BCUT2D eigenvalue weighted by atomic mass is 16.3. The number of hydrogen-bond donors (Lipinski definition) is 3. The summed E-state index contributed by atoms with van der Waals surface area (Å²) >= 11 is 0. The van der Waals surface area contributed by atoms with E-state index in [1.165, 1.54) is 18.2 Å². The summed E-state index contributed by atoms with van der Waals surface area (Å²) in [7, 11) is 0. The number of rotatable bonds is 4. The SMILES string of the molecule is CCn1c(=O)[nH]c2cc(C(=O)N[C@H](C)CO)ccc2c1=O. The van der Waals surface area contributed by atoms with Gasteiger partial charge in [0.25, 0.3) is 11.5 Å². The van der Waals surface area contributed by atoms with Crippen LogP contribution in [0.2, 0.25) is 0 Å². The number of hydrogen-bond acceptors (Lipinski definition) is 4. The second-order valence-corrected chi connectivity index (χ2v) is 4.80. The first-order chi connectivity index (χ1) is 9.97. The van der Waals surface area contributed by atoms with Gasteiger partial charge < -0.3 is 15.4 Å². The molecule has 0 saturated heterocycles. The van der Waals surface area contributed by atoms with E-state index in [0.29, 0.717) is 16.5 Å². The molecule has 0 aliphatic carbocycles. The van der Waals surface area contributed by atoms with Crippen molar-refractivity contribution < 1.29 is 9.90 Å². The molecular formula is C14H17N3O4. The highest BCUT2D eigenvalue weighted by Gasteiger charge is 2.12. The molecule has 0 aliphatic rings. The standard InChI is InChI=1S/C14H17N3O4/c1-3-17-13(20)10-5-4-9(6-11(10)16-14(17)21)12(19)15-8(2)7-18/h4-6,8,18H,3,7H2,1-2H3,(H,15,19)(H,16,21)/t8-/m1/s1. The molecule has 3 N–H and O–H groups in total. The molecule has 112 valence electrons. The minimum absolute atomic E-state index is 0.169. The Morgan fingerprint density at radius 1 is 1.43 bits per heavy atom. The summed E-state index contributed by atoms with van der Waals surface area (Å²) in [5, 5.41) is 11.9. The van der Waals surface area contributed by atoms with Gasteiger partial charge in [-0.05, 0) is 32.0 Å². The second kappa shape index (κ2) is 5.92. The molecule has 7 heteroatoms. The van der Waals surface area contributed by atoms with Gasteiger partial charge in [0.05, 0.1) is 17.5 Å². The molecule has 2 rings (SSSR count). The van der Waals surface area contributed by atoms with Gasteiger partial charge >= 0.3 is 5.69 Å². The van der Waals surface area contributed by atoms with E-state index in [0.717, 1.165) is 4.57 Å². The van der Waals surface area contributed by atoms with Crippen molar-refractivity contribution in [2.45, 2.75) is 26.4 Å². The molecule has 21 heavy (non-hydrogen) atoms. The number of aliphatic hydroxyl groups excluding tert-OH is 1. The van der Waals surface area contributed by atoms with Crippen LogP contribution in [-0.4, -0.2) is 33.2 Å². The second-order valence-electron chi connectivity index (χ2n) is 4.80. The summed E-state index contributed by atoms with van der Waals surface area (Å²) in [6, 6.07) is 4.11. The third-order valence-electron chi connectivity index (χ3n) is 3.21. The van der Waals surface area contributed by atoms with Crippen molar-refractivity contribution in [3.8, 4) is 0 Å². The Kier molecular flexibility index (Phi) is 4.23. The van der Waals surface area contributed by atoms with E-state index in [1.807, 2.05) is 0 Å². The van der Waals surface area contributed by atoms with E-state index in [-0.39, 0.29) is 30.7 Å². The van der Waals surface area contributed by atoms with Crippen molar-refractivity contribution >= 4 is 16.8 Å². The van der Waals surface area contributed by atoms with Crippen LogP contribution in [0, 0.1) is 0 Å². The lowest BCUT2D eigenvalue weighted by Gasteiger charge is -2.11. The van der Waals surface area contributed by atoms with E-state index in [1.54, 1.807) is 13.8 Å². The topological polar surface area (TPSA) is 104 Å². The van der Waals surface area contributed by atoms with Gasteiger partial charge in [-0.25, -0.2) is 4.79 Å². The van der Waals surface area contributed by atoms with Gasteiger partial charge in [0.1, 0.15) is 0 Å². The van der Waals surface area contributed by atoms with Gasteiger partial charge in [-0.15, -0.1) is 0 Å². The number of amides is 1. The van der Waals surface area contributed by atoms with Crippen molar-refractivity contribution in [1.29, 1.82) is 0 Å². The van der Waals surface area contributed by atoms with E-state index in [4.69, 9.17) is 5.11 Å². The highest BCUT2D eigenvalue weighted by Crippen LogP contribution is 2.09. The molecule has 7 nitrogen and oxygen atoms in total. The summed E-state index contributed by atoms with van der Waals surface area (Å²) in [5.41, 5.74) is -0.255. The number of carbonyl (C=O) groups excluding carboxylic acids is 1. The summed E-state index contributed by atoms with van der Waals surface area (Å²) in [6.07, 6.45) is 0. The number of aromatic amines is 1. The predicted molar refractivity (Wildman–Crippen MR) is 78.5 cm³/mol. The lowest BCUT2D eigenvalue weighted by Crippen LogP contribution is -2.36. The maximum atomic E-state index is 12.1. The van der Waals surface area contributed by atoms with E-state index >= 15 is 0 Å². The van der Waals surface area contributed by atoms with E-state index < -0.39 is 5.69 Å². The Morgan fingerprint density at radius 3 is 2.76 bits per heavy atom. The first-order valence-corrected chi connectivity index (χ1v) is 6.66. The van der Waals surface area contributed by atoms with Gasteiger partial charge in [-0.3, -0.25) is 14.2 Å². The molecule has 1 aromatic heterocycles. The largest absolute Gasteiger partial charge is 0.394 e. The number of nitrogens with one attached hydrogen (secondary N) is 2. The van der Waals surface area contributed by atoms with Crippen LogP contribution >= 0.6 is 0 Å². The average Bonchev–Trinajstić information content (AvgIpc) is 2.46. The maximum absolute atomic E-state index is 12.1. The zero-order valence-electron chi connectivity index (χ0n) is 11.8. The van der Waals surface area contributed by atoms with Crippen LogP contribution in [-0.2, 0) is 6.54 Å². The normalized spacial score (nSPS) is 12.3.